The van der Waals surface area contributed by atoms with Crippen molar-refractivity contribution in [2.75, 3.05) is 6.54 Å². The molecule has 0 bridgehead atoms. The zero-order valence-electron chi connectivity index (χ0n) is 15.9. The molecule has 140 valence electrons. The Morgan fingerprint density at radius 1 is 0.962 bits per heavy atom. The fourth-order valence-corrected chi connectivity index (χ4v) is 5.75. The van der Waals surface area contributed by atoms with E-state index in [0.29, 0.717) is 6.04 Å². The third-order valence-corrected chi connectivity index (χ3v) is 7.00. The van der Waals surface area contributed by atoms with Crippen LogP contribution < -0.4 is 5.56 Å². The molecule has 0 spiro atoms. The molecule has 0 unspecified atom stereocenters. The van der Waals surface area contributed by atoms with Crippen LogP contribution in [0.1, 0.15) is 80.7 Å². The first-order valence-corrected chi connectivity index (χ1v) is 10.6. The second-order valence-electron chi connectivity index (χ2n) is 8.54. The number of rotatable bonds is 2. The Morgan fingerprint density at radius 2 is 1.69 bits per heavy atom. The summed E-state index contributed by atoms with van der Waals surface area (Å²) in [6.07, 6.45) is 13.5. The molecular weight excluding hydrogens is 324 g/mol. The van der Waals surface area contributed by atoms with Gasteiger partial charge in [0.15, 0.2) is 0 Å². The Labute approximate surface area is 154 Å². The van der Waals surface area contributed by atoms with Crippen LogP contribution in [-0.2, 0) is 19.9 Å². The zero-order valence-corrected chi connectivity index (χ0v) is 15.9. The Morgan fingerprint density at radius 3 is 2.50 bits per heavy atom. The van der Waals surface area contributed by atoms with Gasteiger partial charge in [0.05, 0.1) is 11.7 Å². The summed E-state index contributed by atoms with van der Waals surface area (Å²) in [5.74, 6) is 0. The van der Waals surface area contributed by atoms with Crippen molar-refractivity contribution >= 4 is 11.0 Å². The number of hydrogen-bond donors (Lipinski definition) is 1. The van der Waals surface area contributed by atoms with E-state index in [4.69, 9.17) is 5.10 Å². The van der Waals surface area contributed by atoms with Gasteiger partial charge in [0.1, 0.15) is 5.65 Å². The highest BCUT2D eigenvalue weighted by molar-refractivity contribution is 5.84. The number of nitrogens with zero attached hydrogens (tertiary/aromatic N) is 3. The van der Waals surface area contributed by atoms with E-state index in [0.717, 1.165) is 36.5 Å². The maximum Gasteiger partial charge on any atom is 0.253 e. The minimum absolute atomic E-state index is 0.109. The zero-order chi connectivity index (χ0) is 17.7. The monoisotopic (exact) mass is 354 g/mol. The van der Waals surface area contributed by atoms with Gasteiger partial charge in [-0.3, -0.25) is 14.4 Å². The molecule has 5 heteroatoms. The molecule has 0 aromatic carbocycles. The van der Waals surface area contributed by atoms with Crippen LogP contribution in [0.4, 0.5) is 0 Å². The fourth-order valence-electron chi connectivity index (χ4n) is 5.75. The summed E-state index contributed by atoms with van der Waals surface area (Å²) in [4.78, 5) is 18.5. The van der Waals surface area contributed by atoms with E-state index in [-0.39, 0.29) is 5.56 Å². The third-order valence-electron chi connectivity index (χ3n) is 7.00. The van der Waals surface area contributed by atoms with Gasteiger partial charge in [0, 0.05) is 24.0 Å². The highest BCUT2D eigenvalue weighted by Crippen LogP contribution is 2.40. The summed E-state index contributed by atoms with van der Waals surface area (Å²) in [7, 11) is 1.99. The smallest absolute Gasteiger partial charge is 0.253 e. The maximum atomic E-state index is 12.6. The molecule has 1 saturated heterocycles. The number of piperidine rings is 1. The van der Waals surface area contributed by atoms with Crippen molar-refractivity contribution in [1.29, 1.82) is 0 Å². The summed E-state index contributed by atoms with van der Waals surface area (Å²) in [5, 5.41) is 6.26. The molecule has 2 fully saturated rings. The first kappa shape index (κ1) is 16.5. The number of fused-ring (bicyclic) bond motifs is 3. The number of aromatic nitrogens is 3. The molecule has 2 aromatic heterocycles. The Balaban J connectivity index is 1.67. The van der Waals surface area contributed by atoms with Crippen molar-refractivity contribution in [2.45, 2.75) is 82.7 Å². The molecule has 3 aliphatic rings. The minimum Gasteiger partial charge on any atom is -0.307 e. The second kappa shape index (κ2) is 6.52. The Bertz CT molecular complexity index is 874. The molecule has 1 N–H and O–H groups in total. The quantitative estimate of drug-likeness (QED) is 0.896. The van der Waals surface area contributed by atoms with Gasteiger partial charge in [-0.25, -0.2) is 0 Å². The topological polar surface area (TPSA) is 53.9 Å². The van der Waals surface area contributed by atoms with E-state index < -0.39 is 0 Å². The predicted octanol–water partition coefficient (Wildman–Crippen LogP) is 3.61. The minimum atomic E-state index is 0.109. The number of likely N-dealkylation sites (tertiary alicyclic amines) is 1. The lowest BCUT2D eigenvalue weighted by Crippen LogP contribution is -2.40. The van der Waals surface area contributed by atoms with Gasteiger partial charge >= 0.3 is 0 Å². The Kier molecular flexibility index (Phi) is 4.15. The molecule has 0 radical (unpaired) electrons. The average molecular weight is 354 g/mol. The number of pyridine rings is 1. The van der Waals surface area contributed by atoms with Gasteiger partial charge in [-0.1, -0.05) is 19.3 Å². The van der Waals surface area contributed by atoms with Crippen LogP contribution in [0.15, 0.2) is 4.79 Å². The second-order valence-corrected chi connectivity index (χ2v) is 8.54. The fraction of sp³-hybridized carbons (Fsp3) is 0.714. The first-order chi connectivity index (χ1) is 12.7. The average Bonchev–Trinajstić information content (AvgIpc) is 3.31. The molecular formula is C21H30N4O. The lowest BCUT2D eigenvalue weighted by atomic mass is 9.88. The van der Waals surface area contributed by atoms with Crippen LogP contribution >= 0.6 is 0 Å². The van der Waals surface area contributed by atoms with Crippen LogP contribution in [0.3, 0.4) is 0 Å². The first-order valence-electron chi connectivity index (χ1n) is 10.6. The molecule has 1 saturated carbocycles. The highest BCUT2D eigenvalue weighted by Gasteiger charge is 2.35. The largest absolute Gasteiger partial charge is 0.307 e. The summed E-state index contributed by atoms with van der Waals surface area (Å²) in [6, 6.07) is 1.16. The lowest BCUT2D eigenvalue weighted by molar-refractivity contribution is 0.0947. The van der Waals surface area contributed by atoms with Gasteiger partial charge in [0.2, 0.25) is 0 Å². The molecule has 3 heterocycles. The molecule has 1 atom stereocenters. The number of nitrogens with one attached hydrogen (secondary N) is 1. The van der Waals surface area contributed by atoms with Crippen molar-refractivity contribution in [1.82, 2.24) is 19.7 Å². The number of H-pyrrole nitrogens is 1. The molecule has 2 aliphatic carbocycles. The third kappa shape index (κ3) is 2.55. The number of aryl methyl sites for hydroxylation is 2. The van der Waals surface area contributed by atoms with Crippen molar-refractivity contribution in [3.8, 4) is 0 Å². The summed E-state index contributed by atoms with van der Waals surface area (Å²) in [6.45, 7) is 1.21. The molecule has 2 aromatic rings. The number of aromatic amines is 1. The van der Waals surface area contributed by atoms with Gasteiger partial charge in [-0.2, -0.15) is 5.10 Å². The van der Waals surface area contributed by atoms with E-state index in [1.54, 1.807) is 0 Å². The van der Waals surface area contributed by atoms with Crippen LogP contribution in [0.5, 0.6) is 0 Å². The molecule has 26 heavy (non-hydrogen) atoms. The van der Waals surface area contributed by atoms with Gasteiger partial charge in [-0.15, -0.1) is 0 Å². The molecule has 5 nitrogen and oxygen atoms in total. The lowest BCUT2D eigenvalue weighted by Gasteiger charge is -2.39. The van der Waals surface area contributed by atoms with Crippen molar-refractivity contribution in [2.24, 2.45) is 7.05 Å². The van der Waals surface area contributed by atoms with Crippen molar-refractivity contribution in [3.05, 3.63) is 27.2 Å². The van der Waals surface area contributed by atoms with Crippen molar-refractivity contribution < 1.29 is 0 Å². The summed E-state index contributed by atoms with van der Waals surface area (Å²) < 4.78 is 1.92. The summed E-state index contributed by atoms with van der Waals surface area (Å²) in [5.41, 5.74) is 4.61. The van der Waals surface area contributed by atoms with E-state index in [9.17, 15) is 4.79 Å². The molecule has 5 rings (SSSR count). The summed E-state index contributed by atoms with van der Waals surface area (Å²) >= 11 is 0. The van der Waals surface area contributed by atoms with Crippen LogP contribution in [0, 0.1) is 0 Å². The predicted molar refractivity (Wildman–Crippen MR) is 104 cm³/mol. The molecule has 1 aliphatic heterocycles. The van der Waals surface area contributed by atoms with Crippen LogP contribution in [0.25, 0.3) is 11.0 Å². The number of hydrogen-bond acceptors (Lipinski definition) is 3. The van der Waals surface area contributed by atoms with Crippen LogP contribution in [-0.4, -0.2) is 32.3 Å². The molecule has 0 amide bonds. The van der Waals surface area contributed by atoms with Crippen LogP contribution in [0.2, 0.25) is 0 Å². The SMILES string of the molecule is Cn1nc([C@@H]2CCCCN2C2CCCC2)c2c3c(c(=O)[nH]c21)CCCC3. The maximum absolute atomic E-state index is 12.6. The highest BCUT2D eigenvalue weighted by atomic mass is 16.1. The van der Waals surface area contributed by atoms with E-state index >= 15 is 0 Å². The Hall–Kier alpha value is -1.62. The van der Waals surface area contributed by atoms with E-state index in [1.165, 1.54) is 74.6 Å². The van der Waals surface area contributed by atoms with Gasteiger partial charge in [0.25, 0.3) is 5.56 Å². The van der Waals surface area contributed by atoms with Gasteiger partial charge in [-0.05, 0) is 63.5 Å². The van der Waals surface area contributed by atoms with Crippen molar-refractivity contribution in [3.63, 3.8) is 0 Å². The van der Waals surface area contributed by atoms with E-state index in [1.807, 2.05) is 11.7 Å². The standard InChI is InChI=1S/C21H30N4O/c1-24-20-18(15-10-4-5-11-16(15)21(26)22-20)19(23-24)17-12-6-7-13-25(17)14-8-2-3-9-14/h14,17H,2-13H2,1H3,(H,22,26)/t17-/m0/s1. The van der Waals surface area contributed by atoms with E-state index in [2.05, 4.69) is 9.88 Å². The van der Waals surface area contributed by atoms with Gasteiger partial charge < -0.3 is 4.98 Å². The normalized spacial score (nSPS) is 25.0.